The van der Waals surface area contributed by atoms with Gasteiger partial charge in [-0.15, -0.1) is 22.7 Å². The molecule has 78 valence electrons. The number of rotatable bonds is 0. The Hall–Kier alpha value is -1.04. The van der Waals surface area contributed by atoms with E-state index >= 15 is 0 Å². The van der Waals surface area contributed by atoms with Gasteiger partial charge in [0.05, 0.1) is 21.1 Å². The second-order valence-electron chi connectivity index (χ2n) is 3.72. The maximum Gasteiger partial charge on any atom is 0.114 e. The molecule has 16 heavy (non-hydrogen) atoms. The van der Waals surface area contributed by atoms with Gasteiger partial charge in [-0.25, -0.2) is 0 Å². The summed E-state index contributed by atoms with van der Waals surface area (Å²) >= 11 is 4.95. The van der Waals surface area contributed by atoms with Crippen molar-refractivity contribution in [2.75, 3.05) is 0 Å². The lowest BCUT2D eigenvalue weighted by atomic mass is 10.1. The zero-order chi connectivity index (χ0) is 10.7. The zero-order valence-corrected chi connectivity index (χ0v) is 10.8. The van der Waals surface area contributed by atoms with Crippen molar-refractivity contribution in [3.8, 4) is 0 Å². The SMILES string of the molecule is Cc1cc2c3nsnc3c3ccsc3c2s1. The molecule has 3 aromatic heterocycles. The van der Waals surface area contributed by atoms with Gasteiger partial charge < -0.3 is 0 Å². The summed E-state index contributed by atoms with van der Waals surface area (Å²) in [5, 5.41) is 4.65. The first kappa shape index (κ1) is 9.04. The molecule has 4 aromatic rings. The fraction of sp³-hybridized carbons (Fsp3) is 0.0909. The quantitative estimate of drug-likeness (QED) is 0.468. The summed E-state index contributed by atoms with van der Waals surface area (Å²) < 4.78 is 11.6. The molecule has 0 unspecified atom stereocenters. The lowest BCUT2D eigenvalue weighted by molar-refractivity contribution is 1.65. The molecule has 0 aliphatic heterocycles. The van der Waals surface area contributed by atoms with Crippen LogP contribution in [0.15, 0.2) is 17.5 Å². The van der Waals surface area contributed by atoms with Crippen molar-refractivity contribution in [2.24, 2.45) is 0 Å². The Morgan fingerprint density at radius 3 is 2.75 bits per heavy atom. The van der Waals surface area contributed by atoms with Crippen molar-refractivity contribution in [2.45, 2.75) is 6.92 Å². The summed E-state index contributed by atoms with van der Waals surface area (Å²) in [4.78, 5) is 1.34. The Morgan fingerprint density at radius 2 is 1.88 bits per heavy atom. The van der Waals surface area contributed by atoms with Gasteiger partial charge in [-0.05, 0) is 24.4 Å². The van der Waals surface area contributed by atoms with Crippen LogP contribution in [0.25, 0.3) is 31.2 Å². The number of hydrogen-bond donors (Lipinski definition) is 0. The molecule has 5 heteroatoms. The number of aryl methyl sites for hydroxylation is 1. The summed E-state index contributed by atoms with van der Waals surface area (Å²) in [6, 6.07) is 4.38. The zero-order valence-electron chi connectivity index (χ0n) is 8.35. The molecule has 0 saturated carbocycles. The van der Waals surface area contributed by atoms with Gasteiger partial charge in [-0.3, -0.25) is 0 Å². The normalized spacial score (nSPS) is 12.1. The van der Waals surface area contributed by atoms with Gasteiger partial charge in [0.15, 0.2) is 0 Å². The molecule has 0 atom stereocenters. The van der Waals surface area contributed by atoms with Crippen LogP contribution in [-0.2, 0) is 0 Å². The molecule has 0 amide bonds. The molecule has 3 heterocycles. The molecular formula is C11H6N2S3. The second kappa shape index (κ2) is 3.00. The molecule has 0 fully saturated rings. The Bertz CT molecular complexity index is 754. The maximum absolute atomic E-state index is 4.43. The predicted octanol–water partition coefficient (Wildman–Crippen LogP) is 4.43. The van der Waals surface area contributed by atoms with Crippen LogP contribution in [0.1, 0.15) is 4.88 Å². The molecule has 0 saturated heterocycles. The van der Waals surface area contributed by atoms with E-state index in [1.54, 1.807) is 11.3 Å². The number of thiophene rings is 2. The topological polar surface area (TPSA) is 25.8 Å². The maximum atomic E-state index is 4.43. The van der Waals surface area contributed by atoms with Crippen LogP contribution in [0, 0.1) is 6.92 Å². The van der Waals surface area contributed by atoms with Gasteiger partial charge in [-0.1, -0.05) is 0 Å². The highest BCUT2D eigenvalue weighted by Gasteiger charge is 2.14. The molecule has 0 bridgehead atoms. The van der Waals surface area contributed by atoms with E-state index in [0.717, 1.165) is 11.0 Å². The minimum absolute atomic E-state index is 1.06. The molecule has 0 radical (unpaired) electrons. The summed E-state index contributed by atoms with van der Waals surface area (Å²) in [6.07, 6.45) is 0. The van der Waals surface area contributed by atoms with Gasteiger partial charge in [0.2, 0.25) is 0 Å². The van der Waals surface area contributed by atoms with E-state index < -0.39 is 0 Å². The molecule has 0 aliphatic carbocycles. The third-order valence-corrected chi connectivity index (χ3v) is 5.38. The number of aromatic nitrogens is 2. The highest BCUT2D eigenvalue weighted by atomic mass is 32.1. The van der Waals surface area contributed by atoms with Crippen LogP contribution >= 0.6 is 34.4 Å². The third kappa shape index (κ3) is 1.00. The minimum Gasteiger partial charge on any atom is -0.172 e. The van der Waals surface area contributed by atoms with Crippen LogP contribution in [0.3, 0.4) is 0 Å². The minimum atomic E-state index is 1.06. The molecule has 4 rings (SSSR count). The molecule has 2 nitrogen and oxygen atoms in total. The second-order valence-corrected chi connectivity index (χ2v) is 6.43. The third-order valence-electron chi connectivity index (χ3n) is 2.73. The average molecular weight is 262 g/mol. The van der Waals surface area contributed by atoms with E-state index in [2.05, 4.69) is 33.2 Å². The van der Waals surface area contributed by atoms with E-state index in [1.807, 2.05) is 11.3 Å². The van der Waals surface area contributed by atoms with E-state index in [0.29, 0.717) is 0 Å². The summed E-state index contributed by atoms with van der Waals surface area (Å²) in [6.45, 7) is 2.15. The van der Waals surface area contributed by atoms with Crippen molar-refractivity contribution in [1.82, 2.24) is 8.75 Å². The van der Waals surface area contributed by atoms with Crippen molar-refractivity contribution in [3.63, 3.8) is 0 Å². The first-order valence-corrected chi connectivity index (χ1v) is 7.29. The number of fused-ring (bicyclic) bond motifs is 6. The Morgan fingerprint density at radius 1 is 1.06 bits per heavy atom. The van der Waals surface area contributed by atoms with Crippen LogP contribution in [-0.4, -0.2) is 8.75 Å². The standard InChI is InChI=1S/C11H6N2S3/c1-5-4-7-9-8(12-16-13-9)6-2-3-14-10(6)11(7)15-5/h2-4H,1H3. The smallest absolute Gasteiger partial charge is 0.114 e. The van der Waals surface area contributed by atoms with E-state index in [9.17, 15) is 0 Å². The molecular weight excluding hydrogens is 256 g/mol. The van der Waals surface area contributed by atoms with E-state index in [4.69, 9.17) is 0 Å². The summed E-state index contributed by atoms with van der Waals surface area (Å²) in [5.41, 5.74) is 2.13. The molecule has 1 aromatic carbocycles. The average Bonchev–Trinajstić information content (AvgIpc) is 2.91. The van der Waals surface area contributed by atoms with Gasteiger partial charge in [0.1, 0.15) is 11.0 Å². The molecule has 0 spiro atoms. The monoisotopic (exact) mass is 262 g/mol. The summed E-state index contributed by atoms with van der Waals surface area (Å²) in [5.74, 6) is 0. The lowest BCUT2D eigenvalue weighted by Gasteiger charge is -1.94. The van der Waals surface area contributed by atoms with Crippen molar-refractivity contribution >= 4 is 65.6 Å². The van der Waals surface area contributed by atoms with Gasteiger partial charge in [0.25, 0.3) is 0 Å². The predicted molar refractivity (Wildman–Crippen MR) is 72.9 cm³/mol. The highest BCUT2D eigenvalue weighted by molar-refractivity contribution is 7.26. The Balaban J connectivity index is 2.50. The van der Waals surface area contributed by atoms with Gasteiger partial charge in [-0.2, -0.15) is 8.75 Å². The first-order valence-electron chi connectivity index (χ1n) is 4.86. The van der Waals surface area contributed by atoms with Crippen molar-refractivity contribution in [1.29, 1.82) is 0 Å². The van der Waals surface area contributed by atoms with Crippen molar-refractivity contribution in [3.05, 3.63) is 22.4 Å². The van der Waals surface area contributed by atoms with Gasteiger partial charge in [0, 0.05) is 15.6 Å². The Labute approximate surface area is 103 Å². The van der Waals surface area contributed by atoms with E-state index in [1.165, 1.54) is 36.8 Å². The Kier molecular flexibility index (Phi) is 1.69. The van der Waals surface area contributed by atoms with Crippen molar-refractivity contribution < 1.29 is 0 Å². The number of hydrogen-bond acceptors (Lipinski definition) is 5. The lowest BCUT2D eigenvalue weighted by Crippen LogP contribution is -1.72. The van der Waals surface area contributed by atoms with Crippen LogP contribution in [0.2, 0.25) is 0 Å². The van der Waals surface area contributed by atoms with Crippen LogP contribution in [0.5, 0.6) is 0 Å². The highest BCUT2D eigenvalue weighted by Crippen LogP contribution is 2.40. The fourth-order valence-corrected chi connectivity index (χ4v) is 4.73. The van der Waals surface area contributed by atoms with E-state index in [-0.39, 0.29) is 0 Å². The number of nitrogens with zero attached hydrogens (tertiary/aromatic N) is 2. The van der Waals surface area contributed by atoms with Crippen LogP contribution in [0.4, 0.5) is 0 Å². The largest absolute Gasteiger partial charge is 0.172 e. The molecule has 0 N–H and O–H groups in total. The number of benzene rings is 1. The first-order chi connectivity index (χ1) is 7.84. The van der Waals surface area contributed by atoms with Gasteiger partial charge >= 0.3 is 0 Å². The summed E-state index contributed by atoms with van der Waals surface area (Å²) in [7, 11) is 0. The molecule has 0 aliphatic rings. The van der Waals surface area contributed by atoms with Crippen LogP contribution < -0.4 is 0 Å². The fourth-order valence-electron chi connectivity index (χ4n) is 2.07.